The number of pyridine rings is 1. The summed E-state index contributed by atoms with van der Waals surface area (Å²) in [5.41, 5.74) is 2.81. The van der Waals surface area contributed by atoms with Crippen LogP contribution in [-0.4, -0.2) is 23.9 Å². The fraction of sp³-hybridized carbons (Fsp3) is 0.238. The third-order valence-corrected chi connectivity index (χ3v) is 5.77. The first kappa shape index (κ1) is 16.8. The van der Waals surface area contributed by atoms with Gasteiger partial charge in [0.2, 0.25) is 0 Å². The van der Waals surface area contributed by atoms with Gasteiger partial charge in [0.25, 0.3) is 5.56 Å². The fourth-order valence-corrected chi connectivity index (χ4v) is 4.34. The zero-order chi connectivity index (χ0) is 18.1. The van der Waals surface area contributed by atoms with Crippen LogP contribution in [0.3, 0.4) is 0 Å². The van der Waals surface area contributed by atoms with Crippen molar-refractivity contribution >= 4 is 39.1 Å². The van der Waals surface area contributed by atoms with Crippen molar-refractivity contribution in [1.82, 2.24) is 4.98 Å². The predicted molar refractivity (Wildman–Crippen MR) is 108 cm³/mol. The molecule has 5 heteroatoms. The highest BCUT2D eigenvalue weighted by Gasteiger charge is 2.15. The van der Waals surface area contributed by atoms with Crippen molar-refractivity contribution in [2.45, 2.75) is 19.8 Å². The maximum absolute atomic E-state index is 12.6. The number of hydrogen-bond acceptors (Lipinski definition) is 4. The molecule has 0 radical (unpaired) electrons. The van der Waals surface area contributed by atoms with Crippen LogP contribution in [0.1, 0.15) is 34.3 Å². The molecule has 0 spiro atoms. The van der Waals surface area contributed by atoms with E-state index in [1.165, 1.54) is 35.9 Å². The third kappa shape index (κ3) is 3.10. The zero-order valence-corrected chi connectivity index (χ0v) is 15.4. The first-order chi connectivity index (χ1) is 12.6. The molecule has 0 amide bonds. The summed E-state index contributed by atoms with van der Waals surface area (Å²) in [6, 6.07) is 10.1. The molecule has 0 saturated carbocycles. The number of thiophene rings is 1. The van der Waals surface area contributed by atoms with Crippen LogP contribution >= 0.6 is 11.3 Å². The number of hydrogen-bond donors (Lipinski definition) is 1. The molecule has 3 aromatic rings. The Balaban J connectivity index is 1.57. The number of aromatic nitrogens is 1. The van der Waals surface area contributed by atoms with Gasteiger partial charge in [0, 0.05) is 24.2 Å². The number of aryl methyl sites for hydroxylation is 1. The topological polar surface area (TPSA) is 53.2 Å². The van der Waals surface area contributed by atoms with Crippen molar-refractivity contribution in [2.75, 3.05) is 18.0 Å². The van der Waals surface area contributed by atoms with Crippen LogP contribution < -0.4 is 10.5 Å². The smallest absolute Gasteiger partial charge is 0.260 e. The van der Waals surface area contributed by atoms with Gasteiger partial charge in [0.15, 0.2) is 5.78 Å². The molecule has 132 valence electrons. The van der Waals surface area contributed by atoms with Crippen LogP contribution in [-0.2, 0) is 0 Å². The van der Waals surface area contributed by atoms with E-state index < -0.39 is 0 Å². The minimum Gasteiger partial charge on any atom is -0.372 e. The molecule has 26 heavy (non-hydrogen) atoms. The summed E-state index contributed by atoms with van der Waals surface area (Å²) in [4.78, 5) is 30.9. The maximum atomic E-state index is 12.6. The summed E-state index contributed by atoms with van der Waals surface area (Å²) >= 11 is 1.47. The molecule has 0 bridgehead atoms. The number of allylic oxidation sites excluding steroid dienone is 1. The first-order valence-corrected chi connectivity index (χ1v) is 9.69. The van der Waals surface area contributed by atoms with Crippen LogP contribution in [0.15, 0.2) is 46.6 Å². The highest BCUT2D eigenvalue weighted by molar-refractivity contribution is 7.16. The molecule has 1 aliphatic heterocycles. The molecule has 1 aromatic carbocycles. The Kier molecular flexibility index (Phi) is 4.47. The van der Waals surface area contributed by atoms with Gasteiger partial charge >= 0.3 is 0 Å². The normalized spacial score (nSPS) is 14.6. The molecule has 4 nitrogen and oxygen atoms in total. The Labute approximate surface area is 155 Å². The van der Waals surface area contributed by atoms with Gasteiger partial charge in [0.1, 0.15) is 4.83 Å². The molecule has 1 N–H and O–H groups in total. The Bertz CT molecular complexity index is 1040. The number of anilines is 1. The van der Waals surface area contributed by atoms with E-state index in [0.717, 1.165) is 34.4 Å². The minimum atomic E-state index is -0.323. The molecule has 4 rings (SSSR count). The van der Waals surface area contributed by atoms with Crippen molar-refractivity contribution < 1.29 is 4.79 Å². The number of carbonyl (C=O) groups excluding carboxylic acids is 1. The second-order valence-corrected chi connectivity index (χ2v) is 7.52. The van der Waals surface area contributed by atoms with Crippen molar-refractivity contribution in [2.24, 2.45) is 0 Å². The predicted octanol–water partition coefficient (Wildman–Crippen LogP) is 4.39. The number of benzene rings is 1. The summed E-state index contributed by atoms with van der Waals surface area (Å²) in [7, 11) is 0. The molecule has 0 aliphatic carbocycles. The maximum Gasteiger partial charge on any atom is 0.260 e. The Hall–Kier alpha value is -2.66. The molecule has 0 unspecified atom stereocenters. The highest BCUT2D eigenvalue weighted by Crippen LogP contribution is 2.23. The molecule has 3 heterocycles. The number of aromatic amines is 1. The van der Waals surface area contributed by atoms with Gasteiger partial charge in [-0.2, -0.15) is 0 Å². The molecule has 2 aromatic heterocycles. The van der Waals surface area contributed by atoms with Gasteiger partial charge in [-0.25, -0.2) is 0 Å². The second-order valence-electron chi connectivity index (χ2n) is 6.60. The Morgan fingerprint density at radius 3 is 2.62 bits per heavy atom. The summed E-state index contributed by atoms with van der Waals surface area (Å²) in [5, 5.41) is 2.85. The van der Waals surface area contributed by atoms with E-state index in [4.69, 9.17) is 0 Å². The van der Waals surface area contributed by atoms with Gasteiger partial charge in [-0.1, -0.05) is 18.2 Å². The van der Waals surface area contributed by atoms with Crippen LogP contribution in [0, 0.1) is 6.92 Å². The number of rotatable bonds is 4. The number of fused-ring (bicyclic) bond motifs is 1. The molecule has 1 saturated heterocycles. The standard InChI is InChI=1S/C21H20N2O2S/c1-14-17-10-13-26-21(17)22-20(25)19(14)18(24)9-6-15-4-7-16(8-5-15)23-11-2-3-12-23/h4-10,13H,2-3,11-12H2,1H3,(H,22,25)/b9-6+. The van der Waals surface area contributed by atoms with Gasteiger partial charge in [0.05, 0.1) is 5.56 Å². The first-order valence-electron chi connectivity index (χ1n) is 8.81. The largest absolute Gasteiger partial charge is 0.372 e. The van der Waals surface area contributed by atoms with Crippen LogP contribution in [0.2, 0.25) is 0 Å². The molecular weight excluding hydrogens is 344 g/mol. The summed E-state index contributed by atoms with van der Waals surface area (Å²) in [5.74, 6) is -0.263. The van der Waals surface area contributed by atoms with Crippen LogP contribution in [0.25, 0.3) is 16.3 Å². The minimum absolute atomic E-state index is 0.223. The molecular formula is C21H20N2O2S. The SMILES string of the molecule is Cc1c(C(=O)/C=C/c2ccc(N3CCCC3)cc2)c(=O)[nH]c2sccc12. The zero-order valence-electron chi connectivity index (χ0n) is 14.6. The molecule has 0 atom stereocenters. The van der Waals surface area contributed by atoms with Crippen LogP contribution in [0.5, 0.6) is 0 Å². The van der Waals surface area contributed by atoms with Gasteiger partial charge < -0.3 is 9.88 Å². The fourth-order valence-electron chi connectivity index (χ4n) is 3.50. The van der Waals surface area contributed by atoms with E-state index >= 15 is 0 Å². The summed E-state index contributed by atoms with van der Waals surface area (Å²) in [6.07, 6.45) is 5.75. The number of carbonyl (C=O) groups is 1. The average molecular weight is 364 g/mol. The quantitative estimate of drug-likeness (QED) is 0.552. The van der Waals surface area contributed by atoms with Gasteiger partial charge in [-0.15, -0.1) is 11.3 Å². The highest BCUT2D eigenvalue weighted by atomic mass is 32.1. The Morgan fingerprint density at radius 2 is 1.88 bits per heavy atom. The van der Waals surface area contributed by atoms with Crippen molar-refractivity contribution in [3.8, 4) is 0 Å². The van der Waals surface area contributed by atoms with Crippen molar-refractivity contribution in [1.29, 1.82) is 0 Å². The van der Waals surface area contributed by atoms with Crippen LogP contribution in [0.4, 0.5) is 5.69 Å². The van der Waals surface area contributed by atoms with E-state index in [1.807, 2.05) is 30.5 Å². The van der Waals surface area contributed by atoms with E-state index in [9.17, 15) is 9.59 Å². The van der Waals surface area contributed by atoms with Gasteiger partial charge in [-0.05, 0) is 60.5 Å². The number of nitrogens with zero attached hydrogens (tertiary/aromatic N) is 1. The van der Waals surface area contributed by atoms with Crippen molar-refractivity contribution in [3.63, 3.8) is 0 Å². The lowest BCUT2D eigenvalue weighted by Gasteiger charge is -2.17. The van der Waals surface area contributed by atoms with E-state index in [0.29, 0.717) is 0 Å². The third-order valence-electron chi connectivity index (χ3n) is 4.94. The summed E-state index contributed by atoms with van der Waals surface area (Å²) < 4.78 is 0. The second kappa shape index (κ2) is 6.92. The number of H-pyrrole nitrogens is 1. The average Bonchev–Trinajstić information content (AvgIpc) is 3.32. The van der Waals surface area contributed by atoms with Gasteiger partial charge in [-0.3, -0.25) is 9.59 Å². The number of nitrogens with one attached hydrogen (secondary N) is 1. The monoisotopic (exact) mass is 364 g/mol. The van der Waals surface area contributed by atoms with E-state index in [-0.39, 0.29) is 16.9 Å². The lowest BCUT2D eigenvalue weighted by atomic mass is 10.0. The number of ketones is 1. The molecule has 1 fully saturated rings. The van der Waals surface area contributed by atoms with E-state index in [2.05, 4.69) is 22.0 Å². The van der Waals surface area contributed by atoms with E-state index in [1.54, 1.807) is 6.08 Å². The van der Waals surface area contributed by atoms with Crippen molar-refractivity contribution in [3.05, 3.63) is 68.8 Å². The Morgan fingerprint density at radius 1 is 1.15 bits per heavy atom. The molecule has 1 aliphatic rings. The summed E-state index contributed by atoms with van der Waals surface area (Å²) in [6.45, 7) is 4.05. The lowest BCUT2D eigenvalue weighted by Crippen LogP contribution is -2.18. The lowest BCUT2D eigenvalue weighted by molar-refractivity contribution is 0.104.